The molecule has 200 valence electrons. The molecule has 0 unspecified atom stereocenters. The van der Waals surface area contributed by atoms with Gasteiger partial charge in [0, 0.05) is 16.8 Å². The highest BCUT2D eigenvalue weighted by molar-refractivity contribution is 5.98. The summed E-state index contributed by atoms with van der Waals surface area (Å²) in [6, 6.07) is 63.1. The molecule has 1 heteroatoms. The Kier molecular flexibility index (Phi) is 7.06. The van der Waals surface area contributed by atoms with E-state index in [0.717, 1.165) is 17.8 Å². The third-order valence-corrected chi connectivity index (χ3v) is 7.90. The van der Waals surface area contributed by atoms with Crippen LogP contribution in [0.1, 0.15) is 11.1 Å². The van der Waals surface area contributed by atoms with Crippen LogP contribution < -0.4 is 4.90 Å². The lowest BCUT2D eigenvalue weighted by Crippen LogP contribution is -2.10. The van der Waals surface area contributed by atoms with Crippen molar-refractivity contribution in [2.24, 2.45) is 0 Å². The molecule has 0 bridgehead atoms. The highest BCUT2D eigenvalue weighted by Crippen LogP contribution is 2.39. The summed E-state index contributed by atoms with van der Waals surface area (Å²) in [5.74, 6) is 0. The van der Waals surface area contributed by atoms with Gasteiger partial charge in [-0.3, -0.25) is 0 Å². The van der Waals surface area contributed by atoms with E-state index in [4.69, 9.17) is 0 Å². The van der Waals surface area contributed by atoms with Gasteiger partial charge in [-0.05, 0) is 75.5 Å². The molecule has 0 aliphatic rings. The standard InChI is InChI=1S/C41H31N/c1-3-10-33(11-4-1)34-22-18-31(19-23-34)30-32-20-24-35(25-21-32)36-26-28-39(29-27-36)42(38-14-5-2-6-15-38)41-17-9-13-37-12-7-8-16-40(37)41/h1-29H,30H2. The molecule has 0 heterocycles. The summed E-state index contributed by atoms with van der Waals surface area (Å²) < 4.78 is 0. The van der Waals surface area contributed by atoms with E-state index >= 15 is 0 Å². The first kappa shape index (κ1) is 25.6. The number of hydrogen-bond donors (Lipinski definition) is 0. The average molecular weight is 538 g/mol. The normalized spacial score (nSPS) is 11.0. The SMILES string of the molecule is c1ccc(-c2ccc(Cc3ccc(-c4ccc(N(c5ccccc5)c5cccc6ccccc56)cc4)cc3)cc2)cc1. The van der Waals surface area contributed by atoms with Gasteiger partial charge in [0.05, 0.1) is 5.69 Å². The molecular formula is C41H31N. The number of anilines is 3. The summed E-state index contributed by atoms with van der Waals surface area (Å²) in [6.07, 6.45) is 0.922. The van der Waals surface area contributed by atoms with Crippen LogP contribution in [0, 0.1) is 0 Å². The fourth-order valence-electron chi connectivity index (χ4n) is 5.71. The van der Waals surface area contributed by atoms with Crippen molar-refractivity contribution in [3.05, 3.63) is 187 Å². The van der Waals surface area contributed by atoms with E-state index < -0.39 is 0 Å². The van der Waals surface area contributed by atoms with Gasteiger partial charge < -0.3 is 4.90 Å². The Hall–Kier alpha value is -5.40. The number of hydrogen-bond acceptors (Lipinski definition) is 1. The van der Waals surface area contributed by atoms with E-state index in [2.05, 4.69) is 181 Å². The molecule has 42 heavy (non-hydrogen) atoms. The minimum Gasteiger partial charge on any atom is -0.310 e. The van der Waals surface area contributed by atoms with Crippen molar-refractivity contribution < 1.29 is 0 Å². The second kappa shape index (κ2) is 11.6. The van der Waals surface area contributed by atoms with E-state index in [1.165, 1.54) is 49.8 Å². The molecule has 7 rings (SSSR count). The maximum Gasteiger partial charge on any atom is 0.0540 e. The van der Waals surface area contributed by atoms with Gasteiger partial charge in [0.2, 0.25) is 0 Å². The maximum atomic E-state index is 2.35. The number of fused-ring (bicyclic) bond motifs is 1. The highest BCUT2D eigenvalue weighted by Gasteiger charge is 2.15. The van der Waals surface area contributed by atoms with Gasteiger partial charge in [0.25, 0.3) is 0 Å². The molecule has 0 saturated heterocycles. The number of para-hydroxylation sites is 1. The van der Waals surface area contributed by atoms with Gasteiger partial charge in [-0.2, -0.15) is 0 Å². The van der Waals surface area contributed by atoms with Crippen molar-refractivity contribution in [2.75, 3.05) is 4.90 Å². The van der Waals surface area contributed by atoms with Gasteiger partial charge in [-0.1, -0.05) is 146 Å². The summed E-state index contributed by atoms with van der Waals surface area (Å²) in [5.41, 5.74) is 11.0. The summed E-state index contributed by atoms with van der Waals surface area (Å²) in [5, 5.41) is 2.47. The lowest BCUT2D eigenvalue weighted by molar-refractivity contribution is 1.19. The molecule has 0 radical (unpaired) electrons. The molecule has 7 aromatic rings. The van der Waals surface area contributed by atoms with Crippen LogP contribution in [0.15, 0.2) is 176 Å². The Morgan fingerprint density at radius 1 is 0.333 bits per heavy atom. The molecule has 0 aliphatic heterocycles. The zero-order valence-corrected chi connectivity index (χ0v) is 23.4. The number of benzene rings is 7. The van der Waals surface area contributed by atoms with E-state index in [0.29, 0.717) is 0 Å². The second-order valence-corrected chi connectivity index (χ2v) is 10.7. The van der Waals surface area contributed by atoms with Gasteiger partial charge in [0.1, 0.15) is 0 Å². The largest absolute Gasteiger partial charge is 0.310 e. The van der Waals surface area contributed by atoms with Crippen LogP contribution in [-0.2, 0) is 6.42 Å². The molecule has 0 atom stereocenters. The van der Waals surface area contributed by atoms with Gasteiger partial charge in [-0.15, -0.1) is 0 Å². The summed E-state index contributed by atoms with van der Waals surface area (Å²) >= 11 is 0. The first-order valence-corrected chi connectivity index (χ1v) is 14.5. The molecule has 0 aromatic heterocycles. The molecule has 0 saturated carbocycles. The van der Waals surface area contributed by atoms with Crippen molar-refractivity contribution >= 4 is 27.8 Å². The fraction of sp³-hybridized carbons (Fsp3) is 0.0244. The molecule has 0 amide bonds. The fourth-order valence-corrected chi connectivity index (χ4v) is 5.71. The third-order valence-electron chi connectivity index (χ3n) is 7.90. The van der Waals surface area contributed by atoms with E-state index in [-0.39, 0.29) is 0 Å². The predicted molar refractivity (Wildman–Crippen MR) is 179 cm³/mol. The minimum atomic E-state index is 0.922. The van der Waals surface area contributed by atoms with Crippen molar-refractivity contribution in [1.29, 1.82) is 0 Å². The summed E-state index contributed by atoms with van der Waals surface area (Å²) in [7, 11) is 0. The average Bonchev–Trinajstić information content (AvgIpc) is 3.07. The third kappa shape index (κ3) is 5.33. The molecule has 0 fully saturated rings. The van der Waals surface area contributed by atoms with Crippen molar-refractivity contribution in [2.45, 2.75) is 6.42 Å². The molecular weight excluding hydrogens is 506 g/mol. The lowest BCUT2D eigenvalue weighted by Gasteiger charge is -2.27. The van der Waals surface area contributed by atoms with Gasteiger partial charge in [0.15, 0.2) is 0 Å². The first-order valence-electron chi connectivity index (χ1n) is 14.5. The molecule has 0 spiro atoms. The maximum absolute atomic E-state index is 2.35. The van der Waals surface area contributed by atoms with Crippen LogP contribution in [0.5, 0.6) is 0 Å². The molecule has 0 N–H and O–H groups in total. The second-order valence-electron chi connectivity index (χ2n) is 10.7. The Balaban J connectivity index is 1.13. The molecule has 0 aliphatic carbocycles. The lowest BCUT2D eigenvalue weighted by atomic mass is 9.98. The van der Waals surface area contributed by atoms with Crippen molar-refractivity contribution in [1.82, 2.24) is 0 Å². The van der Waals surface area contributed by atoms with Crippen LogP contribution in [0.2, 0.25) is 0 Å². The zero-order valence-electron chi connectivity index (χ0n) is 23.4. The van der Waals surface area contributed by atoms with Crippen LogP contribution in [0.4, 0.5) is 17.1 Å². The number of rotatable bonds is 7. The smallest absolute Gasteiger partial charge is 0.0540 e. The predicted octanol–water partition coefficient (Wildman–Crippen LogP) is 11.2. The van der Waals surface area contributed by atoms with E-state index in [1.54, 1.807) is 0 Å². The Labute approximate surface area is 248 Å². The van der Waals surface area contributed by atoms with Crippen molar-refractivity contribution in [3.8, 4) is 22.3 Å². The summed E-state index contributed by atoms with van der Waals surface area (Å²) in [6.45, 7) is 0. The van der Waals surface area contributed by atoms with E-state index in [1.807, 2.05) is 0 Å². The van der Waals surface area contributed by atoms with Crippen LogP contribution in [-0.4, -0.2) is 0 Å². The van der Waals surface area contributed by atoms with Crippen LogP contribution in [0.3, 0.4) is 0 Å². The highest BCUT2D eigenvalue weighted by atomic mass is 15.1. The summed E-state index contributed by atoms with van der Waals surface area (Å²) in [4.78, 5) is 2.35. The topological polar surface area (TPSA) is 3.24 Å². The quantitative estimate of drug-likeness (QED) is 0.195. The van der Waals surface area contributed by atoms with Gasteiger partial charge in [-0.25, -0.2) is 0 Å². The van der Waals surface area contributed by atoms with Gasteiger partial charge >= 0.3 is 0 Å². The van der Waals surface area contributed by atoms with Crippen LogP contribution in [0.25, 0.3) is 33.0 Å². The molecule has 1 nitrogen and oxygen atoms in total. The zero-order chi connectivity index (χ0) is 28.1. The Morgan fingerprint density at radius 2 is 0.786 bits per heavy atom. The first-order chi connectivity index (χ1) is 20.8. The van der Waals surface area contributed by atoms with E-state index in [9.17, 15) is 0 Å². The Morgan fingerprint density at radius 3 is 1.40 bits per heavy atom. The number of nitrogens with zero attached hydrogens (tertiary/aromatic N) is 1. The minimum absolute atomic E-state index is 0.922. The monoisotopic (exact) mass is 537 g/mol. The Bertz CT molecular complexity index is 1900. The van der Waals surface area contributed by atoms with Crippen molar-refractivity contribution in [3.63, 3.8) is 0 Å². The molecule has 7 aromatic carbocycles. The van der Waals surface area contributed by atoms with Crippen LogP contribution >= 0.6 is 0 Å².